The molecule has 0 fully saturated rings. The van der Waals surface area contributed by atoms with Gasteiger partial charge in [-0.2, -0.15) is 5.23 Å². The number of carboxylic acids is 1. The van der Waals surface area contributed by atoms with Gasteiger partial charge in [0.05, 0.1) is 19.8 Å². The van der Waals surface area contributed by atoms with Crippen molar-refractivity contribution >= 4 is 17.7 Å². The monoisotopic (exact) mass is 522 g/mol. The lowest BCUT2D eigenvalue weighted by Crippen LogP contribution is -2.99. The van der Waals surface area contributed by atoms with Crippen molar-refractivity contribution in [1.29, 1.82) is 0 Å². The summed E-state index contributed by atoms with van der Waals surface area (Å²) < 4.78 is 16.5. The minimum absolute atomic E-state index is 0.0761. The van der Waals surface area contributed by atoms with E-state index in [4.69, 9.17) is 19.3 Å². The molecule has 1 aliphatic carbocycles. The summed E-state index contributed by atoms with van der Waals surface area (Å²) in [5.41, 5.74) is 4.65. The number of amides is 1. The van der Waals surface area contributed by atoms with Crippen molar-refractivity contribution in [2.24, 2.45) is 0 Å². The second-order valence-corrected chi connectivity index (χ2v) is 8.93. The van der Waals surface area contributed by atoms with Crippen LogP contribution in [0.5, 0.6) is 11.5 Å². The van der Waals surface area contributed by atoms with Crippen molar-refractivity contribution in [3.05, 3.63) is 82.6 Å². The molecular formula is C28H30N2O8. The Morgan fingerprint density at radius 3 is 2.26 bits per heavy atom. The molecule has 1 amide bonds. The molecule has 0 saturated heterocycles. The van der Waals surface area contributed by atoms with Gasteiger partial charge in [0, 0.05) is 24.0 Å². The van der Waals surface area contributed by atoms with Crippen LogP contribution in [0.3, 0.4) is 0 Å². The van der Waals surface area contributed by atoms with Crippen LogP contribution in [0.4, 0.5) is 10.5 Å². The molecule has 38 heavy (non-hydrogen) atoms. The number of nitrogens with one attached hydrogen (secondary N) is 2. The van der Waals surface area contributed by atoms with Crippen molar-refractivity contribution in [2.45, 2.75) is 31.7 Å². The largest absolute Gasteiger partial charge is 0.595 e. The average molecular weight is 523 g/mol. The molecule has 2 atom stereocenters. The second-order valence-electron chi connectivity index (χ2n) is 8.93. The number of benzene rings is 3. The minimum atomic E-state index is -1.21. The van der Waals surface area contributed by atoms with Crippen molar-refractivity contribution in [3.8, 4) is 22.6 Å². The zero-order valence-electron chi connectivity index (χ0n) is 21.1. The first-order valence-corrected chi connectivity index (χ1v) is 12.2. The molecule has 0 saturated carbocycles. The molecule has 4 rings (SSSR count). The normalized spacial score (nSPS) is 13.7. The Bertz CT molecular complexity index is 1260. The van der Waals surface area contributed by atoms with Gasteiger partial charge < -0.3 is 29.8 Å². The lowest BCUT2D eigenvalue weighted by Gasteiger charge is -2.23. The maximum Gasteiger partial charge on any atom is 0.407 e. The number of alkyl carbamates (subject to hydrolysis) is 1. The fourth-order valence-electron chi connectivity index (χ4n) is 4.69. The van der Waals surface area contributed by atoms with Gasteiger partial charge in [0.25, 0.3) is 0 Å². The summed E-state index contributed by atoms with van der Waals surface area (Å²) in [6.07, 6.45) is -0.501. The van der Waals surface area contributed by atoms with Crippen LogP contribution in [-0.2, 0) is 9.53 Å². The third-order valence-electron chi connectivity index (χ3n) is 6.50. The molecule has 3 aromatic rings. The zero-order chi connectivity index (χ0) is 27.2. The van der Waals surface area contributed by atoms with E-state index in [0.29, 0.717) is 5.56 Å². The maximum atomic E-state index is 12.8. The van der Waals surface area contributed by atoms with E-state index in [-0.39, 0.29) is 49.2 Å². The molecule has 0 radical (unpaired) electrons. The minimum Gasteiger partial charge on any atom is -0.595 e. The Kier molecular flexibility index (Phi) is 8.47. The van der Waals surface area contributed by atoms with Crippen molar-refractivity contribution in [3.63, 3.8) is 0 Å². The average Bonchev–Trinajstić information content (AvgIpc) is 3.23. The Morgan fingerprint density at radius 1 is 1.05 bits per heavy atom. The molecule has 200 valence electrons. The maximum absolute atomic E-state index is 12.8. The van der Waals surface area contributed by atoms with E-state index in [1.54, 1.807) is 6.92 Å². The van der Waals surface area contributed by atoms with Crippen LogP contribution in [0.1, 0.15) is 48.4 Å². The van der Waals surface area contributed by atoms with Crippen LogP contribution in [-0.4, -0.2) is 42.7 Å². The van der Waals surface area contributed by atoms with Gasteiger partial charge in [-0.15, -0.1) is 0 Å². The fraction of sp³-hybridized carbons (Fsp3) is 0.286. The third-order valence-corrected chi connectivity index (χ3v) is 6.50. The molecule has 3 aromatic carbocycles. The molecule has 4 N–H and O–H groups in total. The van der Waals surface area contributed by atoms with E-state index in [1.807, 2.05) is 36.4 Å². The molecule has 10 nitrogen and oxygen atoms in total. The number of methoxy groups -OCH3 is 1. The highest BCUT2D eigenvalue weighted by molar-refractivity contribution is 5.79. The van der Waals surface area contributed by atoms with Crippen LogP contribution < -0.4 is 20.0 Å². The smallest absolute Gasteiger partial charge is 0.407 e. The molecule has 0 heterocycles. The predicted octanol–water partition coefficient (Wildman–Crippen LogP) is 3.94. The summed E-state index contributed by atoms with van der Waals surface area (Å²) in [6.45, 7) is 1.86. The molecule has 0 spiro atoms. The van der Waals surface area contributed by atoms with Gasteiger partial charge >= 0.3 is 12.1 Å². The van der Waals surface area contributed by atoms with Crippen molar-refractivity contribution in [2.75, 3.05) is 20.3 Å². The SMILES string of the molecule is COc1cc([C@@H](C)NC(=O)OCC2c3ccccc3-c3ccccc32)c([NH+]([O-])O)cc1OCCCC(=O)O. The standard InChI is InChI=1S/C28H30N2O8/c1-17(22-14-25(36-2)26(15-24(22)30(34)35)37-13-7-12-27(31)32)29-28(33)38-16-23-20-10-5-3-8-18(20)19-9-4-6-11-21(19)23/h3-6,8-11,14-15,17,23,30,34H,7,12-13,16H2,1-2H3,(H,29,33)(H,31,32)/t17-/m1/s1. The third kappa shape index (κ3) is 5.88. The first kappa shape index (κ1) is 26.9. The quantitative estimate of drug-likeness (QED) is 0.219. The number of fused-ring (bicyclic) bond motifs is 3. The zero-order valence-corrected chi connectivity index (χ0v) is 21.1. The lowest BCUT2D eigenvalue weighted by atomic mass is 9.98. The first-order valence-electron chi connectivity index (χ1n) is 12.2. The molecule has 0 bridgehead atoms. The van der Waals surface area contributed by atoms with Crippen molar-refractivity contribution in [1.82, 2.24) is 5.32 Å². The van der Waals surface area contributed by atoms with Crippen LogP contribution in [0, 0.1) is 5.21 Å². The highest BCUT2D eigenvalue weighted by Gasteiger charge is 2.29. The summed E-state index contributed by atoms with van der Waals surface area (Å²) in [5.74, 6) is -0.611. The van der Waals surface area contributed by atoms with Gasteiger partial charge in [0.1, 0.15) is 6.61 Å². The van der Waals surface area contributed by atoms with E-state index in [2.05, 4.69) is 17.4 Å². The van der Waals surface area contributed by atoms with Gasteiger partial charge in [-0.05, 0) is 41.7 Å². The Hall–Kier alpha value is -4.12. The highest BCUT2D eigenvalue weighted by atomic mass is 16.8. The summed E-state index contributed by atoms with van der Waals surface area (Å²) in [4.78, 5) is 23.5. The van der Waals surface area contributed by atoms with Gasteiger partial charge in [0.15, 0.2) is 17.2 Å². The van der Waals surface area contributed by atoms with Crippen LogP contribution in [0.2, 0.25) is 0 Å². The second kappa shape index (κ2) is 12.0. The highest BCUT2D eigenvalue weighted by Crippen LogP contribution is 2.44. The fourth-order valence-corrected chi connectivity index (χ4v) is 4.69. The Balaban J connectivity index is 1.45. The van der Waals surface area contributed by atoms with Crippen molar-refractivity contribution < 1.29 is 39.3 Å². The number of carboxylic acid groups (broad SMARTS) is 1. The first-order chi connectivity index (χ1) is 18.3. The number of aliphatic carboxylic acids is 1. The molecule has 0 aliphatic heterocycles. The number of ether oxygens (including phenoxy) is 3. The summed E-state index contributed by atoms with van der Waals surface area (Å²) >= 11 is 0. The predicted molar refractivity (Wildman–Crippen MR) is 138 cm³/mol. The van der Waals surface area contributed by atoms with Crippen LogP contribution in [0.15, 0.2) is 60.7 Å². The van der Waals surface area contributed by atoms with E-state index in [9.17, 15) is 20.0 Å². The van der Waals surface area contributed by atoms with E-state index in [1.165, 1.54) is 19.2 Å². The Labute approximate surface area is 219 Å². The van der Waals surface area contributed by atoms with Gasteiger partial charge in [-0.3, -0.25) is 4.79 Å². The number of carbonyl (C=O) groups excluding carboxylic acids is 1. The van der Waals surface area contributed by atoms with Crippen LogP contribution >= 0.6 is 0 Å². The van der Waals surface area contributed by atoms with E-state index < -0.39 is 23.3 Å². The van der Waals surface area contributed by atoms with Gasteiger partial charge in [-0.25, -0.2) is 10.0 Å². The summed E-state index contributed by atoms with van der Waals surface area (Å²) in [7, 11) is 1.41. The number of rotatable bonds is 11. The molecule has 10 heteroatoms. The number of hydrogen-bond donors (Lipinski definition) is 4. The lowest BCUT2D eigenvalue weighted by molar-refractivity contribution is -0.991. The van der Waals surface area contributed by atoms with Gasteiger partial charge in [0.2, 0.25) is 0 Å². The molecule has 0 aromatic heterocycles. The molecule has 1 aliphatic rings. The van der Waals surface area contributed by atoms with E-state index >= 15 is 0 Å². The number of hydrogen-bond acceptors (Lipinski definition) is 7. The molecule has 1 unspecified atom stereocenters. The number of quaternary nitrogens is 1. The van der Waals surface area contributed by atoms with Gasteiger partial charge in [-0.1, -0.05) is 48.5 Å². The Morgan fingerprint density at radius 2 is 1.68 bits per heavy atom. The van der Waals surface area contributed by atoms with E-state index in [0.717, 1.165) is 22.3 Å². The molecular weight excluding hydrogens is 492 g/mol. The summed E-state index contributed by atoms with van der Waals surface area (Å²) in [5, 5.41) is 32.1. The van der Waals surface area contributed by atoms with Crippen LogP contribution in [0.25, 0.3) is 11.1 Å². The topological polar surface area (TPSA) is 142 Å². The summed E-state index contributed by atoms with van der Waals surface area (Å²) in [6, 6.07) is 18.1. The number of carbonyl (C=O) groups is 2.